The van der Waals surface area contributed by atoms with Gasteiger partial charge in [0.15, 0.2) is 0 Å². The van der Waals surface area contributed by atoms with Crippen molar-refractivity contribution in [2.24, 2.45) is 5.92 Å². The number of amides is 2. The monoisotopic (exact) mass is 471 g/mol. The molecule has 0 radical (unpaired) electrons. The van der Waals surface area contributed by atoms with Crippen molar-refractivity contribution in [2.75, 3.05) is 26.7 Å². The molecule has 6 heteroatoms. The Labute approximate surface area is 207 Å². The van der Waals surface area contributed by atoms with E-state index in [2.05, 4.69) is 39.8 Å². The van der Waals surface area contributed by atoms with E-state index >= 15 is 0 Å². The number of nitrogens with one attached hydrogen (secondary N) is 2. The van der Waals surface area contributed by atoms with E-state index in [1.165, 1.54) is 5.56 Å². The highest BCUT2D eigenvalue weighted by molar-refractivity contribution is 5.98. The first kappa shape index (κ1) is 24.5. The zero-order chi connectivity index (χ0) is 24.5. The Morgan fingerprint density at radius 1 is 0.914 bits per heavy atom. The predicted molar refractivity (Wildman–Crippen MR) is 137 cm³/mol. The number of piperidine rings is 1. The molecule has 3 aromatic rings. The highest BCUT2D eigenvalue weighted by Gasteiger charge is 2.25. The number of methoxy groups -OCH3 is 1. The summed E-state index contributed by atoms with van der Waals surface area (Å²) in [6.45, 7) is 3.62. The number of carbonyl (C=O) groups is 2. The summed E-state index contributed by atoms with van der Waals surface area (Å²) < 4.78 is 5.16. The zero-order valence-corrected chi connectivity index (χ0v) is 20.2. The minimum atomic E-state index is -0.760. The van der Waals surface area contributed by atoms with E-state index in [-0.39, 0.29) is 11.8 Å². The van der Waals surface area contributed by atoms with Crippen molar-refractivity contribution in [2.45, 2.75) is 25.4 Å². The maximum Gasteiger partial charge on any atom is 0.252 e. The maximum atomic E-state index is 13.2. The van der Waals surface area contributed by atoms with Crippen molar-refractivity contribution < 1.29 is 14.3 Å². The van der Waals surface area contributed by atoms with Crippen molar-refractivity contribution in [1.82, 2.24) is 15.5 Å². The first-order valence-electron chi connectivity index (χ1n) is 12.2. The fourth-order valence-corrected chi connectivity index (χ4v) is 4.44. The lowest BCUT2D eigenvalue weighted by molar-refractivity contribution is -0.123. The standard InChI is InChI=1S/C29H33N3O3/c1-35-26-14-12-25(13-15-26)28(33)31-27(24-10-6-3-7-11-24)29(34)30-20-22-16-18-32(19-17-22)21-23-8-4-2-5-9-23/h2-15,22,27H,16-21H2,1H3,(H,30,34)(H,31,33)/t27-/m1/s1. The summed E-state index contributed by atoms with van der Waals surface area (Å²) in [6, 6.07) is 26.0. The molecule has 182 valence electrons. The predicted octanol–water partition coefficient (Wildman–Crippen LogP) is 4.19. The quantitative estimate of drug-likeness (QED) is 0.491. The van der Waals surface area contributed by atoms with Crippen molar-refractivity contribution in [3.63, 3.8) is 0 Å². The van der Waals surface area contributed by atoms with Crippen molar-refractivity contribution in [1.29, 1.82) is 0 Å². The molecule has 2 N–H and O–H groups in total. The van der Waals surface area contributed by atoms with Crippen LogP contribution in [-0.4, -0.2) is 43.5 Å². The summed E-state index contributed by atoms with van der Waals surface area (Å²) in [5.41, 5.74) is 2.56. The van der Waals surface area contributed by atoms with Crippen LogP contribution in [0, 0.1) is 5.92 Å². The van der Waals surface area contributed by atoms with Crippen LogP contribution in [0.1, 0.15) is 40.4 Å². The summed E-state index contributed by atoms with van der Waals surface area (Å²) in [5, 5.41) is 6.01. The lowest BCUT2D eigenvalue weighted by Gasteiger charge is -2.32. The summed E-state index contributed by atoms with van der Waals surface area (Å²) in [4.78, 5) is 28.6. The molecule has 1 fully saturated rings. The van der Waals surface area contributed by atoms with Gasteiger partial charge in [-0.3, -0.25) is 14.5 Å². The number of benzene rings is 3. The van der Waals surface area contributed by atoms with Crippen LogP contribution in [0.25, 0.3) is 0 Å². The molecule has 0 bridgehead atoms. The van der Waals surface area contributed by atoms with Gasteiger partial charge in [-0.15, -0.1) is 0 Å². The first-order chi connectivity index (χ1) is 17.1. The van der Waals surface area contributed by atoms with Gasteiger partial charge in [0.25, 0.3) is 5.91 Å². The van der Waals surface area contributed by atoms with Gasteiger partial charge in [-0.25, -0.2) is 0 Å². The molecule has 6 nitrogen and oxygen atoms in total. The largest absolute Gasteiger partial charge is 0.497 e. The Kier molecular flexibility index (Phi) is 8.52. The van der Waals surface area contributed by atoms with E-state index in [0.29, 0.717) is 23.8 Å². The molecule has 1 aliphatic heterocycles. The first-order valence-corrected chi connectivity index (χ1v) is 12.2. The molecular weight excluding hydrogens is 438 g/mol. The Balaban J connectivity index is 1.32. The minimum absolute atomic E-state index is 0.190. The number of ether oxygens (including phenoxy) is 1. The number of hydrogen-bond donors (Lipinski definition) is 2. The highest BCUT2D eigenvalue weighted by atomic mass is 16.5. The molecule has 0 aliphatic carbocycles. The molecule has 0 aromatic heterocycles. The van der Waals surface area contributed by atoms with Crippen LogP contribution in [0.2, 0.25) is 0 Å². The lowest BCUT2D eigenvalue weighted by Crippen LogP contribution is -2.43. The third-order valence-electron chi connectivity index (χ3n) is 6.54. The second-order valence-electron chi connectivity index (χ2n) is 9.00. The number of likely N-dealkylation sites (tertiary alicyclic amines) is 1. The molecule has 1 aliphatic rings. The SMILES string of the molecule is COc1ccc(C(=O)N[C@@H](C(=O)NCC2CCN(Cc3ccccc3)CC2)c2ccccc2)cc1. The van der Waals surface area contributed by atoms with Crippen LogP contribution >= 0.6 is 0 Å². The normalized spacial score (nSPS) is 15.2. The van der Waals surface area contributed by atoms with E-state index in [4.69, 9.17) is 4.74 Å². The van der Waals surface area contributed by atoms with E-state index in [1.54, 1.807) is 31.4 Å². The third kappa shape index (κ3) is 6.93. The molecule has 2 amide bonds. The molecule has 3 aromatic carbocycles. The lowest BCUT2D eigenvalue weighted by atomic mass is 9.96. The van der Waals surface area contributed by atoms with Gasteiger partial charge in [0, 0.05) is 18.7 Å². The Morgan fingerprint density at radius 3 is 2.17 bits per heavy atom. The molecule has 1 heterocycles. The van der Waals surface area contributed by atoms with Crippen LogP contribution < -0.4 is 15.4 Å². The molecular formula is C29H33N3O3. The molecule has 1 atom stereocenters. The van der Waals surface area contributed by atoms with Gasteiger partial charge in [0.2, 0.25) is 5.91 Å². The second kappa shape index (κ2) is 12.2. The average Bonchev–Trinajstić information content (AvgIpc) is 2.92. The van der Waals surface area contributed by atoms with Gasteiger partial charge in [-0.2, -0.15) is 0 Å². The maximum absolute atomic E-state index is 13.2. The van der Waals surface area contributed by atoms with Crippen LogP contribution in [0.3, 0.4) is 0 Å². The Bertz CT molecular complexity index is 1080. The molecule has 0 spiro atoms. The Hall–Kier alpha value is -3.64. The molecule has 35 heavy (non-hydrogen) atoms. The van der Waals surface area contributed by atoms with E-state index < -0.39 is 6.04 Å². The summed E-state index contributed by atoms with van der Waals surface area (Å²) in [5.74, 6) is 0.615. The van der Waals surface area contributed by atoms with Gasteiger partial charge in [0.05, 0.1) is 7.11 Å². The van der Waals surface area contributed by atoms with Crippen molar-refractivity contribution in [3.05, 3.63) is 102 Å². The number of nitrogens with zero attached hydrogens (tertiary/aromatic N) is 1. The third-order valence-corrected chi connectivity index (χ3v) is 6.54. The summed E-state index contributed by atoms with van der Waals surface area (Å²) in [6.07, 6.45) is 2.09. The average molecular weight is 472 g/mol. The van der Waals surface area contributed by atoms with Crippen molar-refractivity contribution >= 4 is 11.8 Å². The number of carbonyl (C=O) groups excluding carboxylic acids is 2. The van der Waals surface area contributed by atoms with Gasteiger partial charge in [0.1, 0.15) is 11.8 Å². The number of hydrogen-bond acceptors (Lipinski definition) is 4. The molecule has 0 unspecified atom stereocenters. The van der Waals surface area contributed by atoms with E-state index in [1.807, 2.05) is 36.4 Å². The summed E-state index contributed by atoms with van der Waals surface area (Å²) in [7, 11) is 1.58. The van der Waals surface area contributed by atoms with E-state index in [9.17, 15) is 9.59 Å². The molecule has 1 saturated heterocycles. The second-order valence-corrected chi connectivity index (χ2v) is 9.00. The fraction of sp³-hybridized carbons (Fsp3) is 0.310. The smallest absolute Gasteiger partial charge is 0.252 e. The summed E-state index contributed by atoms with van der Waals surface area (Å²) >= 11 is 0. The van der Waals surface area contributed by atoms with Gasteiger partial charge in [-0.1, -0.05) is 60.7 Å². The van der Waals surface area contributed by atoms with Crippen LogP contribution in [0.15, 0.2) is 84.9 Å². The van der Waals surface area contributed by atoms with E-state index in [0.717, 1.165) is 38.0 Å². The van der Waals surface area contributed by atoms with Gasteiger partial charge >= 0.3 is 0 Å². The molecule has 0 saturated carbocycles. The van der Waals surface area contributed by atoms with Crippen LogP contribution in [-0.2, 0) is 11.3 Å². The van der Waals surface area contributed by atoms with Crippen LogP contribution in [0.4, 0.5) is 0 Å². The molecule has 4 rings (SSSR count). The Morgan fingerprint density at radius 2 is 1.54 bits per heavy atom. The zero-order valence-electron chi connectivity index (χ0n) is 20.2. The van der Waals surface area contributed by atoms with Gasteiger partial charge < -0.3 is 15.4 Å². The van der Waals surface area contributed by atoms with Crippen LogP contribution in [0.5, 0.6) is 5.75 Å². The topological polar surface area (TPSA) is 70.7 Å². The number of rotatable bonds is 9. The highest BCUT2D eigenvalue weighted by Crippen LogP contribution is 2.20. The van der Waals surface area contributed by atoms with Crippen molar-refractivity contribution in [3.8, 4) is 5.75 Å². The fourth-order valence-electron chi connectivity index (χ4n) is 4.44. The van der Waals surface area contributed by atoms with Gasteiger partial charge in [-0.05, 0) is 67.2 Å². The minimum Gasteiger partial charge on any atom is -0.497 e.